The Morgan fingerprint density at radius 2 is 1.79 bits per heavy atom. The first-order chi connectivity index (χ1) is 9.33. The first-order valence-corrected chi connectivity index (χ1v) is 5.68. The topological polar surface area (TPSA) is 72.8 Å². The molecule has 0 aliphatic rings. The molecule has 4 nitrogen and oxygen atoms in total. The molecule has 0 aliphatic heterocycles. The molecular formula is C15H10N4. The number of benzene rings is 1. The molecule has 0 saturated heterocycles. The maximum atomic E-state index is 8.59. The molecule has 0 radical (unpaired) electrons. The van der Waals surface area contributed by atoms with Crippen LogP contribution in [0.2, 0.25) is 0 Å². The van der Waals surface area contributed by atoms with E-state index in [0.717, 1.165) is 16.8 Å². The van der Waals surface area contributed by atoms with Crippen LogP contribution in [0.4, 0.5) is 0 Å². The van der Waals surface area contributed by atoms with Gasteiger partial charge in [0, 0.05) is 11.8 Å². The zero-order chi connectivity index (χ0) is 13.5. The summed E-state index contributed by atoms with van der Waals surface area (Å²) in [7, 11) is 0. The number of aliphatic imine (C=N–C) groups is 1. The van der Waals surface area contributed by atoms with Crippen molar-refractivity contribution in [3.63, 3.8) is 0 Å². The van der Waals surface area contributed by atoms with E-state index in [9.17, 15) is 0 Å². The Bertz CT molecular complexity index is 642. The number of hydrogen-bond acceptors (Lipinski definition) is 4. The van der Waals surface area contributed by atoms with Gasteiger partial charge in [-0.1, -0.05) is 30.3 Å². The highest BCUT2D eigenvalue weighted by molar-refractivity contribution is 6.10. The summed E-state index contributed by atoms with van der Waals surface area (Å²) in [6.07, 6.45) is 1.75. The zero-order valence-corrected chi connectivity index (χ0v) is 10.1. The lowest BCUT2D eigenvalue weighted by molar-refractivity contribution is 1.07. The van der Waals surface area contributed by atoms with Crippen LogP contribution in [0.5, 0.6) is 0 Å². The molecule has 0 bridgehead atoms. The summed E-state index contributed by atoms with van der Waals surface area (Å²) in [5.74, 6) is 0. The first-order valence-electron chi connectivity index (χ1n) is 5.68. The molecule has 19 heavy (non-hydrogen) atoms. The summed E-state index contributed by atoms with van der Waals surface area (Å²) >= 11 is 0. The molecule has 0 unspecified atom stereocenters. The van der Waals surface area contributed by atoms with E-state index in [2.05, 4.69) is 9.98 Å². The standard InChI is InChI=1S/C15H10N4/c16-9-14(10-17)19-11-12-4-6-13(7-5-12)15-3-1-2-8-18-15/h1-8H,11H2. The van der Waals surface area contributed by atoms with Gasteiger partial charge in [0.25, 0.3) is 0 Å². The van der Waals surface area contributed by atoms with Crippen molar-refractivity contribution in [2.24, 2.45) is 4.99 Å². The highest BCUT2D eigenvalue weighted by atomic mass is 14.7. The SMILES string of the molecule is N#CC(C#N)=NCc1ccc(-c2ccccn2)cc1. The quantitative estimate of drug-likeness (QED) is 0.781. The third-order valence-corrected chi connectivity index (χ3v) is 2.55. The van der Waals surface area contributed by atoms with Gasteiger partial charge in [0.1, 0.15) is 12.1 Å². The Morgan fingerprint density at radius 3 is 2.37 bits per heavy atom. The van der Waals surface area contributed by atoms with Gasteiger partial charge in [-0.3, -0.25) is 9.98 Å². The van der Waals surface area contributed by atoms with Gasteiger partial charge in [0.2, 0.25) is 5.71 Å². The lowest BCUT2D eigenvalue weighted by Crippen LogP contribution is -1.91. The van der Waals surface area contributed by atoms with E-state index < -0.39 is 0 Å². The van der Waals surface area contributed by atoms with E-state index >= 15 is 0 Å². The summed E-state index contributed by atoms with van der Waals surface area (Å²) in [4.78, 5) is 8.18. The minimum Gasteiger partial charge on any atom is -0.260 e. The van der Waals surface area contributed by atoms with Gasteiger partial charge in [-0.2, -0.15) is 10.5 Å². The van der Waals surface area contributed by atoms with Crippen molar-refractivity contribution in [3.05, 3.63) is 54.2 Å². The predicted octanol–water partition coefficient (Wildman–Crippen LogP) is 2.74. The van der Waals surface area contributed by atoms with Crippen LogP contribution in [0, 0.1) is 22.7 Å². The van der Waals surface area contributed by atoms with Crippen molar-refractivity contribution in [2.45, 2.75) is 6.54 Å². The van der Waals surface area contributed by atoms with E-state index in [-0.39, 0.29) is 5.71 Å². The number of rotatable bonds is 3. The average molecular weight is 246 g/mol. The molecule has 2 rings (SSSR count). The average Bonchev–Trinajstić information content (AvgIpc) is 2.50. The van der Waals surface area contributed by atoms with Crippen molar-refractivity contribution in [1.29, 1.82) is 10.5 Å². The molecule has 1 aromatic heterocycles. The Morgan fingerprint density at radius 1 is 1.05 bits per heavy atom. The zero-order valence-electron chi connectivity index (χ0n) is 10.1. The maximum Gasteiger partial charge on any atom is 0.213 e. The smallest absolute Gasteiger partial charge is 0.213 e. The fourth-order valence-electron chi connectivity index (χ4n) is 1.58. The lowest BCUT2D eigenvalue weighted by atomic mass is 10.1. The molecule has 0 amide bonds. The third-order valence-electron chi connectivity index (χ3n) is 2.55. The molecule has 0 saturated carbocycles. The molecule has 90 valence electrons. The fraction of sp³-hybridized carbons (Fsp3) is 0.0667. The normalized spacial score (nSPS) is 9.16. The van der Waals surface area contributed by atoms with E-state index in [1.54, 1.807) is 18.3 Å². The second-order valence-corrected chi connectivity index (χ2v) is 3.80. The van der Waals surface area contributed by atoms with Gasteiger partial charge < -0.3 is 0 Å². The van der Waals surface area contributed by atoms with Crippen LogP contribution >= 0.6 is 0 Å². The molecule has 1 aromatic carbocycles. The van der Waals surface area contributed by atoms with E-state index in [4.69, 9.17) is 10.5 Å². The Balaban J connectivity index is 2.15. The van der Waals surface area contributed by atoms with Gasteiger partial charge in [0.05, 0.1) is 12.2 Å². The Hall–Kier alpha value is -2.98. The van der Waals surface area contributed by atoms with Crippen molar-refractivity contribution < 1.29 is 0 Å². The van der Waals surface area contributed by atoms with Gasteiger partial charge in [-0.15, -0.1) is 0 Å². The largest absolute Gasteiger partial charge is 0.260 e. The molecular weight excluding hydrogens is 236 g/mol. The first kappa shape index (κ1) is 12.5. The van der Waals surface area contributed by atoms with Crippen molar-refractivity contribution in [2.75, 3.05) is 0 Å². The number of nitriles is 2. The van der Waals surface area contributed by atoms with Crippen LogP contribution in [-0.2, 0) is 6.54 Å². The predicted molar refractivity (Wildman–Crippen MR) is 72.0 cm³/mol. The Kier molecular flexibility index (Phi) is 4.00. The molecule has 0 N–H and O–H groups in total. The van der Waals surface area contributed by atoms with Crippen LogP contribution in [0.25, 0.3) is 11.3 Å². The van der Waals surface area contributed by atoms with Gasteiger partial charge in [-0.25, -0.2) is 0 Å². The van der Waals surface area contributed by atoms with Gasteiger partial charge in [-0.05, 0) is 17.7 Å². The van der Waals surface area contributed by atoms with Crippen LogP contribution in [0.15, 0.2) is 53.7 Å². The fourth-order valence-corrected chi connectivity index (χ4v) is 1.58. The lowest BCUT2D eigenvalue weighted by Gasteiger charge is -2.01. The van der Waals surface area contributed by atoms with E-state index in [1.165, 1.54) is 0 Å². The summed E-state index contributed by atoms with van der Waals surface area (Å²) in [6, 6.07) is 17.0. The maximum absolute atomic E-state index is 8.59. The van der Waals surface area contributed by atoms with Crippen LogP contribution in [-0.4, -0.2) is 10.7 Å². The highest BCUT2D eigenvalue weighted by Crippen LogP contribution is 2.17. The molecule has 2 aromatic rings. The van der Waals surface area contributed by atoms with Crippen molar-refractivity contribution in [3.8, 4) is 23.4 Å². The molecule has 0 aliphatic carbocycles. The number of pyridine rings is 1. The number of hydrogen-bond donors (Lipinski definition) is 0. The third kappa shape index (κ3) is 3.24. The molecule has 0 fully saturated rings. The minimum atomic E-state index is -0.103. The van der Waals surface area contributed by atoms with E-state index in [0.29, 0.717) is 6.54 Å². The number of aromatic nitrogens is 1. The van der Waals surface area contributed by atoms with Crippen molar-refractivity contribution >= 4 is 5.71 Å². The molecule has 4 heteroatoms. The molecule has 0 spiro atoms. The monoisotopic (exact) mass is 246 g/mol. The highest BCUT2D eigenvalue weighted by Gasteiger charge is 1.99. The summed E-state index contributed by atoms with van der Waals surface area (Å²) in [5, 5.41) is 17.2. The van der Waals surface area contributed by atoms with Crippen LogP contribution in [0.3, 0.4) is 0 Å². The molecule has 0 atom stereocenters. The summed E-state index contributed by atoms with van der Waals surface area (Å²) in [6.45, 7) is 0.332. The second kappa shape index (κ2) is 6.09. The van der Waals surface area contributed by atoms with Crippen LogP contribution in [0.1, 0.15) is 5.56 Å². The second-order valence-electron chi connectivity index (χ2n) is 3.80. The van der Waals surface area contributed by atoms with Gasteiger partial charge in [0.15, 0.2) is 0 Å². The van der Waals surface area contributed by atoms with E-state index in [1.807, 2.05) is 42.5 Å². The molecule has 1 heterocycles. The Labute approximate surface area is 111 Å². The van der Waals surface area contributed by atoms with Crippen molar-refractivity contribution in [1.82, 2.24) is 4.98 Å². The minimum absolute atomic E-state index is 0.103. The number of nitrogens with zero attached hydrogens (tertiary/aromatic N) is 4. The summed E-state index contributed by atoms with van der Waals surface area (Å²) < 4.78 is 0. The summed E-state index contributed by atoms with van der Waals surface area (Å²) in [5.41, 5.74) is 2.78. The van der Waals surface area contributed by atoms with Gasteiger partial charge >= 0.3 is 0 Å². The van der Waals surface area contributed by atoms with Crippen LogP contribution < -0.4 is 0 Å².